The monoisotopic (exact) mass is 610 g/mol. The van der Waals surface area contributed by atoms with Gasteiger partial charge in [-0.2, -0.15) is 0 Å². The van der Waals surface area contributed by atoms with Crippen molar-refractivity contribution in [2.24, 2.45) is 0 Å². The first-order chi connectivity index (χ1) is 22.0. The molecule has 1 saturated heterocycles. The smallest absolute Gasteiger partial charge is 0.411 e. The van der Waals surface area contributed by atoms with E-state index in [-0.39, 0.29) is 24.0 Å². The summed E-state index contributed by atoms with van der Waals surface area (Å²) >= 11 is 0. The van der Waals surface area contributed by atoms with Gasteiger partial charge in [0.25, 0.3) is 11.8 Å². The van der Waals surface area contributed by atoms with Gasteiger partial charge in [0.15, 0.2) is 0 Å². The van der Waals surface area contributed by atoms with Crippen LogP contribution < -0.4 is 5.32 Å². The number of anilines is 1. The number of nitrogens with one attached hydrogen (secondary N) is 1. The molecule has 0 bridgehead atoms. The number of para-hydroxylation sites is 1. The van der Waals surface area contributed by atoms with Crippen molar-refractivity contribution in [2.75, 3.05) is 51.6 Å². The van der Waals surface area contributed by atoms with E-state index in [0.717, 1.165) is 62.3 Å². The molecule has 8 nitrogen and oxygen atoms in total. The van der Waals surface area contributed by atoms with Gasteiger partial charge in [-0.15, -0.1) is 0 Å². The van der Waals surface area contributed by atoms with Crippen LogP contribution in [0.1, 0.15) is 72.1 Å². The maximum Gasteiger partial charge on any atom is 0.411 e. The van der Waals surface area contributed by atoms with E-state index in [9.17, 15) is 14.4 Å². The molecule has 2 aliphatic heterocycles. The Labute approximate surface area is 267 Å². The van der Waals surface area contributed by atoms with Gasteiger partial charge in [-0.3, -0.25) is 19.8 Å². The minimum Gasteiger partial charge on any atom is -0.446 e. The molecule has 0 aromatic heterocycles. The van der Waals surface area contributed by atoms with E-state index in [1.165, 1.54) is 37.0 Å². The number of unbranched alkanes of at least 4 members (excludes halogenated alkanes) is 5. The highest BCUT2D eigenvalue weighted by Crippen LogP contribution is 2.28. The molecule has 0 unspecified atom stereocenters. The van der Waals surface area contributed by atoms with Crippen molar-refractivity contribution < 1.29 is 19.1 Å². The lowest BCUT2D eigenvalue weighted by Gasteiger charge is -2.31. The van der Waals surface area contributed by atoms with Gasteiger partial charge in [-0.05, 0) is 69.6 Å². The van der Waals surface area contributed by atoms with Crippen molar-refractivity contribution in [1.82, 2.24) is 14.7 Å². The zero-order valence-electron chi connectivity index (χ0n) is 26.5. The fourth-order valence-electron chi connectivity index (χ4n) is 6.25. The summed E-state index contributed by atoms with van der Waals surface area (Å²) in [5.74, 6) is -0.350. The number of carbonyl (C=O) groups is 3. The molecule has 3 aromatic carbocycles. The number of amides is 3. The predicted molar refractivity (Wildman–Crippen MR) is 178 cm³/mol. The minimum atomic E-state index is -0.384. The Balaban J connectivity index is 0.879. The number of benzene rings is 3. The van der Waals surface area contributed by atoms with Crippen LogP contribution in [0, 0.1) is 0 Å². The number of imide groups is 1. The van der Waals surface area contributed by atoms with Crippen LogP contribution in [0.15, 0.2) is 78.9 Å². The lowest BCUT2D eigenvalue weighted by Crippen LogP contribution is -2.38. The highest BCUT2D eigenvalue weighted by Gasteiger charge is 2.34. The zero-order chi connectivity index (χ0) is 31.4. The second-order valence-corrected chi connectivity index (χ2v) is 12.2. The fraction of sp³-hybridized carbons (Fsp3) is 0.432. The molecule has 1 N–H and O–H groups in total. The zero-order valence-corrected chi connectivity index (χ0v) is 26.5. The van der Waals surface area contributed by atoms with Crippen LogP contribution in [-0.2, 0) is 4.74 Å². The number of carbonyl (C=O) groups excluding carboxylic acids is 3. The maximum absolute atomic E-state index is 12.7. The Bertz CT molecular complexity index is 1390. The Hall–Kier alpha value is -4.01. The SMILES string of the molecule is CN(CCCCCCCCN1CCC(OC(=O)Nc2ccccc2-c2ccccc2)CC1)CCN1C(=O)c2ccccc2C1=O. The second kappa shape index (κ2) is 16.3. The molecule has 0 saturated carbocycles. The summed E-state index contributed by atoms with van der Waals surface area (Å²) in [6.07, 6.45) is 8.52. The lowest BCUT2D eigenvalue weighted by atomic mass is 10.0. The van der Waals surface area contributed by atoms with E-state index < -0.39 is 0 Å². The molecular formula is C37H46N4O4. The molecule has 45 heavy (non-hydrogen) atoms. The molecule has 5 rings (SSSR count). The molecule has 0 spiro atoms. The number of likely N-dealkylation sites (tertiary alicyclic amines) is 1. The Morgan fingerprint density at radius 3 is 2.00 bits per heavy atom. The second-order valence-electron chi connectivity index (χ2n) is 12.2. The predicted octanol–water partition coefficient (Wildman–Crippen LogP) is 6.94. The van der Waals surface area contributed by atoms with E-state index in [1.807, 2.05) is 54.6 Å². The van der Waals surface area contributed by atoms with Gasteiger partial charge >= 0.3 is 6.09 Å². The van der Waals surface area contributed by atoms with Crippen LogP contribution in [0.5, 0.6) is 0 Å². The molecule has 1 fully saturated rings. The normalized spacial score (nSPS) is 15.5. The van der Waals surface area contributed by atoms with E-state index in [2.05, 4.69) is 22.2 Å². The van der Waals surface area contributed by atoms with Crippen LogP contribution in [-0.4, -0.2) is 85.0 Å². The average Bonchev–Trinajstić information content (AvgIpc) is 3.31. The van der Waals surface area contributed by atoms with Crippen molar-refractivity contribution >= 4 is 23.6 Å². The molecule has 0 atom stereocenters. The van der Waals surface area contributed by atoms with Crippen LogP contribution >= 0.6 is 0 Å². The third kappa shape index (κ3) is 9.02. The number of rotatable bonds is 15. The Kier molecular flexibility index (Phi) is 11.8. The molecule has 2 heterocycles. The molecule has 2 aliphatic rings. The Morgan fingerprint density at radius 2 is 1.31 bits per heavy atom. The first-order valence-corrected chi connectivity index (χ1v) is 16.5. The van der Waals surface area contributed by atoms with Crippen LogP contribution in [0.2, 0.25) is 0 Å². The number of nitrogens with zero attached hydrogens (tertiary/aromatic N) is 3. The van der Waals surface area contributed by atoms with Gasteiger partial charge in [0.2, 0.25) is 0 Å². The first-order valence-electron chi connectivity index (χ1n) is 16.5. The quantitative estimate of drug-likeness (QED) is 0.148. The Morgan fingerprint density at radius 1 is 0.733 bits per heavy atom. The van der Waals surface area contributed by atoms with Crippen molar-refractivity contribution in [3.63, 3.8) is 0 Å². The highest BCUT2D eigenvalue weighted by molar-refractivity contribution is 6.21. The molecule has 8 heteroatoms. The average molecular weight is 611 g/mol. The summed E-state index contributed by atoms with van der Waals surface area (Å²) < 4.78 is 5.78. The highest BCUT2D eigenvalue weighted by atomic mass is 16.6. The molecule has 0 aliphatic carbocycles. The summed E-state index contributed by atoms with van der Waals surface area (Å²) in [5.41, 5.74) is 3.84. The largest absolute Gasteiger partial charge is 0.446 e. The van der Waals surface area contributed by atoms with Crippen LogP contribution in [0.4, 0.5) is 10.5 Å². The van der Waals surface area contributed by atoms with E-state index in [4.69, 9.17) is 4.74 Å². The third-order valence-electron chi connectivity index (χ3n) is 8.90. The van der Waals surface area contributed by atoms with E-state index >= 15 is 0 Å². The molecule has 3 amide bonds. The summed E-state index contributed by atoms with van der Waals surface area (Å²) in [6.45, 7) is 5.13. The molecule has 3 aromatic rings. The van der Waals surface area contributed by atoms with Gasteiger partial charge < -0.3 is 14.5 Å². The number of likely N-dealkylation sites (N-methyl/N-ethyl adjacent to an activating group) is 1. The minimum absolute atomic E-state index is 0.0455. The molecule has 0 radical (unpaired) electrons. The first kappa shape index (κ1) is 32.4. The number of fused-ring (bicyclic) bond motifs is 1. The van der Waals surface area contributed by atoms with Crippen molar-refractivity contribution in [2.45, 2.75) is 57.5 Å². The topological polar surface area (TPSA) is 82.2 Å². The maximum atomic E-state index is 12.7. The number of hydrogen-bond donors (Lipinski definition) is 1. The summed E-state index contributed by atoms with van der Waals surface area (Å²) in [6, 6.07) is 24.9. The summed E-state index contributed by atoms with van der Waals surface area (Å²) in [7, 11) is 2.06. The van der Waals surface area contributed by atoms with Gasteiger partial charge in [0, 0.05) is 31.7 Å². The summed E-state index contributed by atoms with van der Waals surface area (Å²) in [4.78, 5) is 43.8. The number of ether oxygens (including phenoxy) is 1. The lowest BCUT2D eigenvalue weighted by molar-refractivity contribution is 0.0583. The number of piperidine rings is 1. The number of hydrogen-bond acceptors (Lipinski definition) is 6. The summed E-state index contributed by atoms with van der Waals surface area (Å²) in [5, 5.41) is 2.96. The van der Waals surface area contributed by atoms with Gasteiger partial charge in [0.05, 0.1) is 16.8 Å². The van der Waals surface area contributed by atoms with E-state index in [1.54, 1.807) is 24.3 Å². The van der Waals surface area contributed by atoms with Crippen LogP contribution in [0.3, 0.4) is 0 Å². The molecular weight excluding hydrogens is 564 g/mol. The van der Waals surface area contributed by atoms with E-state index in [0.29, 0.717) is 24.2 Å². The van der Waals surface area contributed by atoms with Gasteiger partial charge in [-0.1, -0.05) is 86.3 Å². The fourth-order valence-corrected chi connectivity index (χ4v) is 6.25. The van der Waals surface area contributed by atoms with Crippen LogP contribution in [0.25, 0.3) is 11.1 Å². The molecule has 238 valence electrons. The van der Waals surface area contributed by atoms with Gasteiger partial charge in [0.1, 0.15) is 6.10 Å². The third-order valence-corrected chi connectivity index (χ3v) is 8.90. The van der Waals surface area contributed by atoms with Gasteiger partial charge in [-0.25, -0.2) is 4.79 Å². The van der Waals surface area contributed by atoms with Crippen molar-refractivity contribution in [1.29, 1.82) is 0 Å². The standard InChI is InChI=1S/C37H46N4O4/c1-39(27-28-41-35(42)32-18-9-10-19-33(32)36(41)43)23-13-4-2-3-5-14-24-40-25-21-30(22-26-40)45-37(44)38-34-20-12-11-17-31(34)29-15-7-6-8-16-29/h6-12,15-20,30H,2-5,13-14,21-28H2,1H3,(H,38,44). The van der Waals surface area contributed by atoms with Crippen molar-refractivity contribution in [3.8, 4) is 11.1 Å². The van der Waals surface area contributed by atoms with Crippen molar-refractivity contribution in [3.05, 3.63) is 90.0 Å².